The van der Waals surface area contributed by atoms with Crippen molar-refractivity contribution in [2.45, 2.75) is 19.4 Å². The molecule has 2 aromatic rings. The van der Waals surface area contributed by atoms with Gasteiger partial charge in [0.15, 0.2) is 0 Å². The molecule has 0 spiro atoms. The number of benzene rings is 1. The summed E-state index contributed by atoms with van der Waals surface area (Å²) >= 11 is 0. The van der Waals surface area contributed by atoms with E-state index in [2.05, 4.69) is 29.6 Å². The van der Waals surface area contributed by atoms with Crippen LogP contribution in [0.15, 0.2) is 30.5 Å². The third-order valence-corrected chi connectivity index (χ3v) is 4.98. The first-order chi connectivity index (χ1) is 12.1. The molecule has 0 aliphatic carbocycles. The van der Waals surface area contributed by atoms with E-state index in [-0.39, 0.29) is 5.91 Å². The van der Waals surface area contributed by atoms with Crippen molar-refractivity contribution >= 4 is 16.8 Å². The Bertz CT molecular complexity index is 723. The second-order valence-corrected chi connectivity index (χ2v) is 7.27. The number of ether oxygens (including phenoxy) is 1. The summed E-state index contributed by atoms with van der Waals surface area (Å²) in [6.07, 6.45) is 4.30. The molecule has 1 aromatic carbocycles. The van der Waals surface area contributed by atoms with Gasteiger partial charge in [0.25, 0.3) is 5.91 Å². The molecule has 1 amide bonds. The van der Waals surface area contributed by atoms with E-state index in [1.54, 1.807) is 7.11 Å². The van der Waals surface area contributed by atoms with Gasteiger partial charge in [-0.05, 0) is 38.9 Å². The average Bonchev–Trinajstić information content (AvgIpc) is 2.98. The molecule has 1 aliphatic rings. The van der Waals surface area contributed by atoms with Crippen molar-refractivity contribution in [3.05, 3.63) is 36.0 Å². The van der Waals surface area contributed by atoms with Crippen molar-refractivity contribution < 1.29 is 9.53 Å². The summed E-state index contributed by atoms with van der Waals surface area (Å²) in [5.41, 5.74) is 1.92. The molecule has 1 fully saturated rings. The topological polar surface area (TPSA) is 37.7 Å². The van der Waals surface area contributed by atoms with Crippen LogP contribution in [0.1, 0.15) is 23.2 Å². The molecule has 3 rings (SSSR count). The number of rotatable bonds is 6. The molecule has 0 radical (unpaired) electrons. The van der Waals surface area contributed by atoms with Crippen LogP contribution in [0.4, 0.5) is 0 Å². The van der Waals surface area contributed by atoms with Crippen LogP contribution in [-0.4, -0.2) is 67.7 Å². The molecule has 2 heterocycles. The zero-order valence-corrected chi connectivity index (χ0v) is 15.6. The standard InChI is InChI=1S/C20H29N3O2/c1-21(2)13-16-7-6-10-23(14-16)20(24)18-15-22(11-12-25-3)19-9-5-4-8-17(18)19/h4-5,8-9,15-16H,6-7,10-14H2,1-3H3. The van der Waals surface area contributed by atoms with E-state index in [0.29, 0.717) is 12.5 Å². The number of amides is 1. The molecule has 5 heteroatoms. The number of piperidine rings is 1. The van der Waals surface area contributed by atoms with Gasteiger partial charge in [-0.3, -0.25) is 4.79 Å². The van der Waals surface area contributed by atoms with E-state index in [9.17, 15) is 4.79 Å². The van der Waals surface area contributed by atoms with E-state index in [4.69, 9.17) is 4.74 Å². The highest BCUT2D eigenvalue weighted by Crippen LogP contribution is 2.25. The van der Waals surface area contributed by atoms with Crippen molar-refractivity contribution in [3.63, 3.8) is 0 Å². The van der Waals surface area contributed by atoms with Crippen LogP contribution in [0, 0.1) is 5.92 Å². The first kappa shape index (κ1) is 18.0. The highest BCUT2D eigenvalue weighted by molar-refractivity contribution is 6.07. The maximum atomic E-state index is 13.2. The van der Waals surface area contributed by atoms with Crippen molar-refractivity contribution in [2.75, 3.05) is 47.4 Å². The lowest BCUT2D eigenvalue weighted by Gasteiger charge is -2.34. The number of hydrogen-bond acceptors (Lipinski definition) is 3. The molecule has 1 atom stereocenters. The van der Waals surface area contributed by atoms with Crippen LogP contribution in [0.5, 0.6) is 0 Å². The molecule has 0 saturated carbocycles. The number of para-hydroxylation sites is 1. The van der Waals surface area contributed by atoms with Crippen LogP contribution in [0.2, 0.25) is 0 Å². The van der Waals surface area contributed by atoms with Crippen molar-refractivity contribution in [1.29, 1.82) is 0 Å². The summed E-state index contributed by atoms with van der Waals surface area (Å²) in [5, 5.41) is 1.04. The molecule has 1 aromatic heterocycles. The van der Waals surface area contributed by atoms with Crippen molar-refractivity contribution in [3.8, 4) is 0 Å². The maximum Gasteiger partial charge on any atom is 0.256 e. The first-order valence-electron chi connectivity index (χ1n) is 9.11. The van der Waals surface area contributed by atoms with Crippen molar-refractivity contribution in [2.24, 2.45) is 5.92 Å². The highest BCUT2D eigenvalue weighted by Gasteiger charge is 2.26. The zero-order chi connectivity index (χ0) is 17.8. The molecular formula is C20H29N3O2. The fourth-order valence-electron chi connectivity index (χ4n) is 3.88. The van der Waals surface area contributed by atoms with Gasteiger partial charge in [-0.2, -0.15) is 0 Å². The average molecular weight is 343 g/mol. The summed E-state index contributed by atoms with van der Waals surface area (Å²) in [5.74, 6) is 0.727. The smallest absolute Gasteiger partial charge is 0.256 e. The Labute approximate surface area is 150 Å². The number of nitrogens with zero attached hydrogens (tertiary/aromatic N) is 3. The minimum Gasteiger partial charge on any atom is -0.383 e. The highest BCUT2D eigenvalue weighted by atomic mass is 16.5. The van der Waals surface area contributed by atoms with E-state index >= 15 is 0 Å². The van der Waals surface area contributed by atoms with E-state index < -0.39 is 0 Å². The fraction of sp³-hybridized carbons (Fsp3) is 0.550. The summed E-state index contributed by atoms with van der Waals surface area (Å²) in [6.45, 7) is 4.16. The number of aromatic nitrogens is 1. The maximum absolute atomic E-state index is 13.2. The van der Waals surface area contributed by atoms with Gasteiger partial charge < -0.3 is 19.1 Å². The molecule has 136 valence electrons. The monoisotopic (exact) mass is 343 g/mol. The Hall–Kier alpha value is -1.85. The van der Waals surface area contributed by atoms with Crippen LogP contribution in [-0.2, 0) is 11.3 Å². The van der Waals surface area contributed by atoms with Gasteiger partial charge in [-0.15, -0.1) is 0 Å². The van der Waals surface area contributed by atoms with E-state index in [1.165, 1.54) is 6.42 Å². The second kappa shape index (κ2) is 8.02. The SMILES string of the molecule is COCCn1cc(C(=O)N2CCCC(CN(C)C)C2)c2ccccc21. The molecule has 1 aliphatic heterocycles. The number of methoxy groups -OCH3 is 1. The third kappa shape index (κ3) is 4.05. The van der Waals surface area contributed by atoms with Gasteiger partial charge in [-0.25, -0.2) is 0 Å². The van der Waals surface area contributed by atoms with Gasteiger partial charge in [0.1, 0.15) is 0 Å². The predicted molar refractivity (Wildman–Crippen MR) is 101 cm³/mol. The minimum absolute atomic E-state index is 0.163. The van der Waals surface area contributed by atoms with Crippen LogP contribution in [0.25, 0.3) is 10.9 Å². The molecular weight excluding hydrogens is 314 g/mol. The Morgan fingerprint density at radius 3 is 2.88 bits per heavy atom. The molecule has 5 nitrogen and oxygen atoms in total. The van der Waals surface area contributed by atoms with Gasteiger partial charge in [0.2, 0.25) is 0 Å². The fourth-order valence-corrected chi connectivity index (χ4v) is 3.88. The van der Waals surface area contributed by atoms with Gasteiger partial charge in [-0.1, -0.05) is 18.2 Å². The quantitative estimate of drug-likeness (QED) is 0.809. The Morgan fingerprint density at radius 2 is 2.12 bits per heavy atom. The van der Waals surface area contributed by atoms with Crippen LogP contribution in [0.3, 0.4) is 0 Å². The van der Waals surface area contributed by atoms with E-state index in [1.807, 2.05) is 29.3 Å². The first-order valence-corrected chi connectivity index (χ1v) is 9.11. The minimum atomic E-state index is 0.163. The Balaban J connectivity index is 1.84. The van der Waals surface area contributed by atoms with E-state index in [0.717, 1.165) is 49.1 Å². The normalized spacial score (nSPS) is 18.2. The number of carbonyl (C=O) groups is 1. The predicted octanol–water partition coefficient (Wildman–Crippen LogP) is 2.70. The number of fused-ring (bicyclic) bond motifs is 1. The molecule has 25 heavy (non-hydrogen) atoms. The van der Waals surface area contributed by atoms with Crippen molar-refractivity contribution in [1.82, 2.24) is 14.4 Å². The molecule has 1 unspecified atom stereocenters. The second-order valence-electron chi connectivity index (χ2n) is 7.27. The van der Waals surface area contributed by atoms with Gasteiger partial charge in [0.05, 0.1) is 12.2 Å². The lowest BCUT2D eigenvalue weighted by Crippen LogP contribution is -2.42. The Kier molecular flexibility index (Phi) is 5.76. The van der Waals surface area contributed by atoms with Crippen LogP contribution < -0.4 is 0 Å². The lowest BCUT2D eigenvalue weighted by atomic mass is 9.97. The summed E-state index contributed by atoms with van der Waals surface area (Å²) in [7, 11) is 5.91. The summed E-state index contributed by atoms with van der Waals surface area (Å²) in [4.78, 5) is 17.5. The lowest BCUT2D eigenvalue weighted by molar-refractivity contribution is 0.0656. The van der Waals surface area contributed by atoms with Crippen LogP contribution >= 0.6 is 0 Å². The molecule has 1 saturated heterocycles. The largest absolute Gasteiger partial charge is 0.383 e. The number of likely N-dealkylation sites (tertiary alicyclic amines) is 1. The summed E-state index contributed by atoms with van der Waals surface area (Å²) in [6, 6.07) is 8.15. The summed E-state index contributed by atoms with van der Waals surface area (Å²) < 4.78 is 7.34. The molecule has 0 N–H and O–H groups in total. The third-order valence-electron chi connectivity index (χ3n) is 4.98. The number of hydrogen-bond donors (Lipinski definition) is 0. The zero-order valence-electron chi connectivity index (χ0n) is 15.6. The number of carbonyl (C=O) groups excluding carboxylic acids is 1. The molecule has 0 bridgehead atoms. The van der Waals surface area contributed by atoms with Gasteiger partial charge >= 0.3 is 0 Å². The Morgan fingerprint density at radius 1 is 1.32 bits per heavy atom. The van der Waals surface area contributed by atoms with Gasteiger partial charge in [0, 0.05) is 50.4 Å².